The van der Waals surface area contributed by atoms with E-state index in [0.717, 1.165) is 26.1 Å². The number of nitrogens with zero attached hydrogens (tertiary/aromatic N) is 4. The zero-order valence-electron chi connectivity index (χ0n) is 13.8. The largest absolute Gasteiger partial charge is 0.389 e. The van der Waals surface area contributed by atoms with Crippen LogP contribution in [0.15, 0.2) is 0 Å². The highest BCUT2D eigenvalue weighted by Crippen LogP contribution is 2.14. The van der Waals surface area contributed by atoms with Crippen molar-refractivity contribution in [2.75, 3.05) is 41.7 Å². The lowest BCUT2D eigenvalue weighted by Crippen LogP contribution is -2.31. The van der Waals surface area contributed by atoms with Gasteiger partial charge in [-0.2, -0.15) is 15.0 Å². The van der Waals surface area contributed by atoms with Gasteiger partial charge in [-0.05, 0) is 34.1 Å². The Morgan fingerprint density at radius 3 is 2.05 bits per heavy atom. The Balaban J connectivity index is 2.96. The zero-order valence-corrected chi connectivity index (χ0v) is 13.8. The first-order valence-electron chi connectivity index (χ1n) is 7.60. The summed E-state index contributed by atoms with van der Waals surface area (Å²) >= 11 is 0. The van der Waals surface area contributed by atoms with Gasteiger partial charge in [0.15, 0.2) is 0 Å². The van der Waals surface area contributed by atoms with Gasteiger partial charge in [0.1, 0.15) is 0 Å². The predicted molar refractivity (Wildman–Crippen MR) is 87.0 cm³/mol. The third-order valence-electron chi connectivity index (χ3n) is 2.88. The van der Waals surface area contributed by atoms with Crippen LogP contribution in [-0.4, -0.2) is 51.8 Å². The molecule has 0 aliphatic carbocycles. The number of aromatic nitrogens is 3. The lowest BCUT2D eigenvalue weighted by molar-refractivity contribution is 0.0943. The van der Waals surface area contributed by atoms with Crippen molar-refractivity contribution in [3.05, 3.63) is 0 Å². The summed E-state index contributed by atoms with van der Waals surface area (Å²) in [4.78, 5) is 15.3. The summed E-state index contributed by atoms with van der Waals surface area (Å²) in [5.41, 5.74) is -0.820. The van der Waals surface area contributed by atoms with Gasteiger partial charge in [0.05, 0.1) is 5.60 Å². The van der Waals surface area contributed by atoms with E-state index < -0.39 is 5.60 Å². The Kier molecular flexibility index (Phi) is 6.61. The predicted octanol–water partition coefficient (Wildman–Crippen LogP) is 1.72. The molecule has 1 aromatic rings. The van der Waals surface area contributed by atoms with Gasteiger partial charge in [0.2, 0.25) is 17.8 Å². The van der Waals surface area contributed by atoms with Crippen LogP contribution in [0.25, 0.3) is 0 Å². The van der Waals surface area contributed by atoms with Crippen LogP contribution in [0.3, 0.4) is 0 Å². The molecule has 0 radical (unpaired) electrons. The second-order valence-corrected chi connectivity index (χ2v) is 5.55. The van der Waals surface area contributed by atoms with Crippen molar-refractivity contribution in [3.8, 4) is 0 Å². The Morgan fingerprint density at radius 1 is 1.00 bits per heavy atom. The molecule has 3 N–H and O–H groups in total. The summed E-state index contributed by atoms with van der Waals surface area (Å²) in [5.74, 6) is 1.69. The van der Waals surface area contributed by atoms with E-state index in [1.807, 2.05) is 0 Å². The molecule has 1 aromatic heterocycles. The van der Waals surface area contributed by atoms with Crippen molar-refractivity contribution >= 4 is 17.8 Å². The number of hydrogen-bond donors (Lipinski definition) is 3. The Bertz CT molecular complexity index is 428. The molecular weight excluding hydrogens is 268 g/mol. The fourth-order valence-electron chi connectivity index (χ4n) is 1.70. The third kappa shape index (κ3) is 6.12. The van der Waals surface area contributed by atoms with E-state index in [4.69, 9.17) is 0 Å². The van der Waals surface area contributed by atoms with Crippen LogP contribution in [-0.2, 0) is 0 Å². The van der Waals surface area contributed by atoms with Gasteiger partial charge in [-0.3, -0.25) is 0 Å². The second kappa shape index (κ2) is 7.97. The SMILES string of the molecule is CCCNc1nc(NCC(C)(C)O)nc(N(CC)CC)n1. The maximum Gasteiger partial charge on any atom is 0.231 e. The number of hydrogen-bond acceptors (Lipinski definition) is 7. The van der Waals surface area contributed by atoms with Crippen molar-refractivity contribution in [1.82, 2.24) is 15.0 Å². The molecule has 21 heavy (non-hydrogen) atoms. The van der Waals surface area contributed by atoms with Crippen molar-refractivity contribution in [2.45, 2.75) is 46.6 Å². The van der Waals surface area contributed by atoms with Crippen LogP contribution >= 0.6 is 0 Å². The molecule has 0 aliphatic rings. The minimum Gasteiger partial charge on any atom is -0.389 e. The summed E-state index contributed by atoms with van der Waals surface area (Å²) in [6.45, 7) is 12.6. The number of rotatable bonds is 9. The topological polar surface area (TPSA) is 86.2 Å². The molecule has 0 fully saturated rings. The molecule has 1 heterocycles. The first-order valence-corrected chi connectivity index (χ1v) is 7.60. The third-order valence-corrected chi connectivity index (χ3v) is 2.88. The molecule has 0 atom stereocenters. The fraction of sp³-hybridized carbons (Fsp3) is 0.786. The highest BCUT2D eigenvalue weighted by Gasteiger charge is 2.15. The number of nitrogens with one attached hydrogen (secondary N) is 2. The van der Waals surface area contributed by atoms with Crippen LogP contribution in [0.5, 0.6) is 0 Å². The van der Waals surface area contributed by atoms with Crippen molar-refractivity contribution < 1.29 is 5.11 Å². The van der Waals surface area contributed by atoms with Crippen LogP contribution in [0, 0.1) is 0 Å². The summed E-state index contributed by atoms with van der Waals surface area (Å²) < 4.78 is 0. The van der Waals surface area contributed by atoms with E-state index in [1.54, 1.807) is 13.8 Å². The molecule has 0 saturated carbocycles. The fourth-order valence-corrected chi connectivity index (χ4v) is 1.70. The monoisotopic (exact) mass is 296 g/mol. The van der Waals surface area contributed by atoms with Gasteiger partial charge in [-0.25, -0.2) is 0 Å². The van der Waals surface area contributed by atoms with Crippen LogP contribution < -0.4 is 15.5 Å². The van der Waals surface area contributed by atoms with Gasteiger partial charge in [-0.1, -0.05) is 6.92 Å². The summed E-state index contributed by atoms with van der Waals surface area (Å²) in [5, 5.41) is 16.1. The minimum absolute atomic E-state index is 0.377. The van der Waals surface area contributed by atoms with Crippen molar-refractivity contribution in [3.63, 3.8) is 0 Å². The average molecular weight is 296 g/mol. The summed E-state index contributed by atoms with van der Waals surface area (Å²) in [6, 6.07) is 0. The van der Waals surface area contributed by atoms with E-state index >= 15 is 0 Å². The smallest absolute Gasteiger partial charge is 0.231 e. The molecule has 1 rings (SSSR count). The van der Waals surface area contributed by atoms with Crippen LogP contribution in [0.4, 0.5) is 17.8 Å². The molecule has 0 aliphatic heterocycles. The van der Waals surface area contributed by atoms with E-state index in [2.05, 4.69) is 51.3 Å². The quantitative estimate of drug-likeness (QED) is 0.639. The zero-order chi connectivity index (χ0) is 15.9. The lowest BCUT2D eigenvalue weighted by Gasteiger charge is -2.21. The van der Waals surface area contributed by atoms with Gasteiger partial charge in [-0.15, -0.1) is 0 Å². The van der Waals surface area contributed by atoms with Crippen LogP contribution in [0.1, 0.15) is 41.0 Å². The summed E-state index contributed by atoms with van der Waals surface area (Å²) in [6.07, 6.45) is 0.999. The normalized spacial score (nSPS) is 11.3. The Hall–Kier alpha value is -1.63. The number of aliphatic hydroxyl groups is 1. The van der Waals surface area contributed by atoms with Crippen molar-refractivity contribution in [2.24, 2.45) is 0 Å². The van der Waals surface area contributed by atoms with Crippen LogP contribution in [0.2, 0.25) is 0 Å². The molecule has 7 heteroatoms. The van der Waals surface area contributed by atoms with E-state index in [-0.39, 0.29) is 0 Å². The Labute approximate surface area is 127 Å². The van der Waals surface area contributed by atoms with Gasteiger partial charge < -0.3 is 20.6 Å². The molecule has 0 amide bonds. The van der Waals surface area contributed by atoms with Gasteiger partial charge in [0, 0.05) is 26.2 Å². The molecule has 0 aromatic carbocycles. The van der Waals surface area contributed by atoms with E-state index in [1.165, 1.54) is 0 Å². The highest BCUT2D eigenvalue weighted by atomic mass is 16.3. The second-order valence-electron chi connectivity index (χ2n) is 5.55. The Morgan fingerprint density at radius 2 is 1.57 bits per heavy atom. The lowest BCUT2D eigenvalue weighted by atomic mass is 10.1. The maximum atomic E-state index is 9.80. The van der Waals surface area contributed by atoms with E-state index in [9.17, 15) is 5.11 Å². The maximum absolute atomic E-state index is 9.80. The molecule has 120 valence electrons. The standard InChI is InChI=1S/C14H28N6O/c1-6-9-15-11-17-12(16-10-14(4,5)21)19-13(18-11)20(7-2)8-3/h21H,6-10H2,1-5H3,(H2,15,16,17,18,19). The first-order chi connectivity index (χ1) is 9.89. The highest BCUT2D eigenvalue weighted by molar-refractivity contribution is 5.43. The molecular formula is C14H28N6O. The molecule has 0 bridgehead atoms. The van der Waals surface area contributed by atoms with Gasteiger partial charge >= 0.3 is 0 Å². The van der Waals surface area contributed by atoms with E-state index in [0.29, 0.717) is 24.4 Å². The van der Waals surface area contributed by atoms with Crippen molar-refractivity contribution in [1.29, 1.82) is 0 Å². The summed E-state index contributed by atoms with van der Waals surface area (Å²) in [7, 11) is 0. The molecule has 0 unspecified atom stereocenters. The molecule has 0 spiro atoms. The molecule has 0 saturated heterocycles. The average Bonchev–Trinajstić information content (AvgIpc) is 2.43. The van der Waals surface area contributed by atoms with Gasteiger partial charge in [0.25, 0.3) is 0 Å². The minimum atomic E-state index is -0.820. The molecule has 7 nitrogen and oxygen atoms in total. The number of anilines is 3. The first kappa shape index (κ1) is 17.4.